The normalized spacial score (nSPS) is 13.2. The first kappa shape index (κ1) is 53.4. The summed E-state index contributed by atoms with van der Waals surface area (Å²) in [5.41, 5.74) is 2.68. The SMILES string of the molecule is Cc1cc(C(=O)Nc2ccc(C3=CCN(/C(=N/C(=O)OC(C)(C)C)NC(=O)OC(C)(C)C)CC3)cc2)c(C)cc1C(=O)Nc1ccc(CN=C(NC(=O)OC(C)(C)C)NC(=O)OC(C)(C)C)cc1. The predicted octanol–water partition coefficient (Wildman–Crippen LogP) is 9.62. The van der Waals surface area contributed by atoms with E-state index in [1.54, 1.807) is 138 Å². The molecule has 0 aliphatic carbocycles. The van der Waals surface area contributed by atoms with E-state index < -0.39 is 46.8 Å². The van der Waals surface area contributed by atoms with E-state index in [1.807, 2.05) is 30.3 Å². The third-order valence-electron chi connectivity index (χ3n) is 9.16. The van der Waals surface area contributed by atoms with Gasteiger partial charge in [-0.1, -0.05) is 30.3 Å². The van der Waals surface area contributed by atoms with Crippen molar-refractivity contribution in [3.63, 3.8) is 0 Å². The number of carbonyl (C=O) groups is 6. The number of aryl methyl sites for hydroxylation is 2. The molecular formula is C50H66N8O10. The molecule has 0 radical (unpaired) electrons. The van der Waals surface area contributed by atoms with Crippen LogP contribution in [0.3, 0.4) is 0 Å². The summed E-state index contributed by atoms with van der Waals surface area (Å²) in [5, 5.41) is 13.3. The highest BCUT2D eigenvalue weighted by Gasteiger charge is 2.26. The van der Waals surface area contributed by atoms with Crippen molar-refractivity contribution in [2.24, 2.45) is 9.98 Å². The van der Waals surface area contributed by atoms with Crippen LogP contribution in [-0.4, -0.2) is 88.5 Å². The van der Waals surface area contributed by atoms with Gasteiger partial charge in [0, 0.05) is 35.6 Å². The minimum Gasteiger partial charge on any atom is -0.444 e. The number of alkyl carbamates (subject to hydrolysis) is 3. The van der Waals surface area contributed by atoms with Crippen molar-refractivity contribution in [1.82, 2.24) is 20.9 Å². The van der Waals surface area contributed by atoms with Crippen molar-refractivity contribution in [3.05, 3.63) is 100 Å². The van der Waals surface area contributed by atoms with Crippen LogP contribution in [0.2, 0.25) is 0 Å². The molecule has 0 fully saturated rings. The van der Waals surface area contributed by atoms with E-state index in [-0.39, 0.29) is 30.3 Å². The lowest BCUT2D eigenvalue weighted by Crippen LogP contribution is -2.48. The van der Waals surface area contributed by atoms with Gasteiger partial charge in [-0.2, -0.15) is 0 Å². The second-order valence-corrected chi connectivity index (χ2v) is 20.1. The summed E-state index contributed by atoms with van der Waals surface area (Å²) in [6.07, 6.45) is -0.650. The van der Waals surface area contributed by atoms with Crippen molar-refractivity contribution in [3.8, 4) is 0 Å². The molecule has 0 aromatic heterocycles. The summed E-state index contributed by atoms with van der Waals surface area (Å²) in [4.78, 5) is 87.3. The van der Waals surface area contributed by atoms with Gasteiger partial charge in [-0.25, -0.2) is 24.2 Å². The van der Waals surface area contributed by atoms with Crippen molar-refractivity contribution in [2.75, 3.05) is 23.7 Å². The highest BCUT2D eigenvalue weighted by molar-refractivity contribution is 6.09. The molecule has 0 spiro atoms. The number of nitrogens with one attached hydrogen (secondary N) is 5. The number of anilines is 2. The lowest BCUT2D eigenvalue weighted by Gasteiger charge is -2.30. The molecule has 1 aliphatic heterocycles. The molecule has 0 unspecified atom stereocenters. The van der Waals surface area contributed by atoms with Gasteiger partial charge in [0.15, 0.2) is 0 Å². The van der Waals surface area contributed by atoms with Gasteiger partial charge in [-0.15, -0.1) is 4.99 Å². The molecule has 0 saturated carbocycles. The number of benzene rings is 3. The van der Waals surface area contributed by atoms with Gasteiger partial charge in [0.25, 0.3) is 11.8 Å². The summed E-state index contributed by atoms with van der Waals surface area (Å²) in [5.74, 6) is -0.839. The largest absolute Gasteiger partial charge is 0.444 e. The summed E-state index contributed by atoms with van der Waals surface area (Å²) in [6, 6.07) is 17.7. The molecule has 18 nitrogen and oxygen atoms in total. The van der Waals surface area contributed by atoms with Crippen LogP contribution in [0.4, 0.5) is 30.6 Å². The van der Waals surface area contributed by atoms with Crippen LogP contribution in [0.5, 0.6) is 0 Å². The molecular weight excluding hydrogens is 873 g/mol. The van der Waals surface area contributed by atoms with Crippen LogP contribution in [-0.2, 0) is 25.5 Å². The van der Waals surface area contributed by atoms with Crippen molar-refractivity contribution in [2.45, 2.75) is 132 Å². The zero-order chi connectivity index (χ0) is 50.8. The summed E-state index contributed by atoms with van der Waals surface area (Å²) >= 11 is 0. The Kier molecular flexibility index (Phi) is 17.3. The molecule has 366 valence electrons. The Labute approximate surface area is 398 Å². The number of guanidine groups is 2. The topological polar surface area (TPSA) is 227 Å². The van der Waals surface area contributed by atoms with E-state index in [0.717, 1.165) is 11.1 Å². The van der Waals surface area contributed by atoms with E-state index in [1.165, 1.54) is 0 Å². The Morgan fingerprint density at radius 1 is 0.588 bits per heavy atom. The Balaban J connectivity index is 1.38. The third kappa shape index (κ3) is 18.2. The quantitative estimate of drug-likeness (QED) is 0.0851. The molecule has 5 N–H and O–H groups in total. The van der Waals surface area contributed by atoms with Crippen LogP contribution in [0.15, 0.2) is 76.7 Å². The van der Waals surface area contributed by atoms with Crippen LogP contribution in [0.1, 0.15) is 132 Å². The molecule has 3 aromatic rings. The molecule has 1 heterocycles. The summed E-state index contributed by atoms with van der Waals surface area (Å²) in [6.45, 7) is 25.0. The Morgan fingerprint density at radius 3 is 1.43 bits per heavy atom. The Morgan fingerprint density at radius 2 is 1.01 bits per heavy atom. The van der Waals surface area contributed by atoms with E-state index in [2.05, 4.69) is 36.6 Å². The fraction of sp³-hybridized carbons (Fsp3) is 0.440. The summed E-state index contributed by atoms with van der Waals surface area (Å²) in [7, 11) is 0. The highest BCUT2D eigenvalue weighted by Crippen LogP contribution is 2.26. The maximum atomic E-state index is 13.5. The lowest BCUT2D eigenvalue weighted by atomic mass is 9.98. The monoisotopic (exact) mass is 938 g/mol. The Hall–Kier alpha value is -7.24. The van der Waals surface area contributed by atoms with Crippen molar-refractivity contribution < 1.29 is 47.7 Å². The van der Waals surface area contributed by atoms with Crippen LogP contribution in [0.25, 0.3) is 5.57 Å². The van der Waals surface area contributed by atoms with Gasteiger partial charge >= 0.3 is 24.4 Å². The fourth-order valence-electron chi connectivity index (χ4n) is 6.31. The second-order valence-electron chi connectivity index (χ2n) is 20.1. The van der Waals surface area contributed by atoms with Crippen LogP contribution >= 0.6 is 0 Å². The molecule has 1 aliphatic rings. The van der Waals surface area contributed by atoms with E-state index in [9.17, 15) is 28.8 Å². The van der Waals surface area contributed by atoms with Gasteiger partial charge in [0.05, 0.1) is 6.54 Å². The molecule has 68 heavy (non-hydrogen) atoms. The molecule has 18 heteroatoms. The molecule has 3 aromatic carbocycles. The predicted molar refractivity (Wildman–Crippen MR) is 262 cm³/mol. The second kappa shape index (κ2) is 22.0. The van der Waals surface area contributed by atoms with Gasteiger partial charge in [0.2, 0.25) is 11.9 Å². The third-order valence-corrected chi connectivity index (χ3v) is 9.16. The minimum absolute atomic E-state index is 0.0233. The molecule has 0 bridgehead atoms. The van der Waals surface area contributed by atoms with E-state index in [0.29, 0.717) is 58.7 Å². The molecule has 0 saturated heterocycles. The molecule has 4 rings (SSSR count). The zero-order valence-corrected chi connectivity index (χ0v) is 41.6. The van der Waals surface area contributed by atoms with Crippen LogP contribution in [0, 0.1) is 13.8 Å². The van der Waals surface area contributed by atoms with Gasteiger partial charge in [0.1, 0.15) is 22.4 Å². The average Bonchev–Trinajstić information content (AvgIpc) is 3.18. The van der Waals surface area contributed by atoms with Gasteiger partial charge in [-0.3, -0.25) is 25.5 Å². The number of hydrogen-bond donors (Lipinski definition) is 5. The summed E-state index contributed by atoms with van der Waals surface area (Å²) < 4.78 is 21.4. The first-order chi connectivity index (χ1) is 31.4. The molecule has 6 amide bonds. The highest BCUT2D eigenvalue weighted by atomic mass is 16.6. The maximum absolute atomic E-state index is 13.5. The Bertz CT molecular complexity index is 2420. The average molecular weight is 939 g/mol. The van der Waals surface area contributed by atoms with Gasteiger partial charge < -0.3 is 34.5 Å². The maximum Gasteiger partial charge on any atom is 0.437 e. The van der Waals surface area contributed by atoms with E-state index >= 15 is 0 Å². The van der Waals surface area contributed by atoms with Crippen molar-refractivity contribution in [1.29, 1.82) is 0 Å². The number of nitrogens with zero attached hydrogens (tertiary/aromatic N) is 3. The first-order valence-corrected chi connectivity index (χ1v) is 22.2. The first-order valence-electron chi connectivity index (χ1n) is 22.2. The minimum atomic E-state index is -0.840. The van der Waals surface area contributed by atoms with Crippen molar-refractivity contribution >= 4 is 65.1 Å². The number of hydrogen-bond acceptors (Lipinski definition) is 11. The molecule has 0 atom stereocenters. The number of rotatable bonds is 7. The smallest absolute Gasteiger partial charge is 0.437 e. The number of ether oxygens (including phenoxy) is 4. The van der Waals surface area contributed by atoms with Gasteiger partial charge in [-0.05, 0) is 168 Å². The van der Waals surface area contributed by atoms with Crippen LogP contribution < -0.4 is 26.6 Å². The lowest BCUT2D eigenvalue weighted by molar-refractivity contribution is 0.0528. The zero-order valence-electron chi connectivity index (χ0n) is 41.6. The standard InChI is InChI=1S/C50H66N8O10/c1-30-28-38(31(2)27-37(30)39(59)52-35-19-15-32(16-20-35)29-51-41(54-43(61)65-47(3,4)5)55-44(62)66-48(6,7)8)40(60)53-36-21-17-33(18-22-36)34-23-25-58(26-24-34)42(56-45(63)67-49(9,10)11)57-46(64)68-50(12,13)14/h15-23,27-28H,24-26,29H2,1-14H3,(H,52,59)(H,53,60)(H,56,57,63,64)(H2,51,54,55,61,62). The number of aliphatic imine (C=N–C) groups is 2. The fourth-order valence-corrected chi connectivity index (χ4v) is 6.31. The number of carbonyl (C=O) groups excluding carboxylic acids is 6. The van der Waals surface area contributed by atoms with E-state index in [4.69, 9.17) is 18.9 Å². The number of amides is 6.